The second-order valence-corrected chi connectivity index (χ2v) is 4.41. The van der Waals surface area contributed by atoms with Gasteiger partial charge in [-0.25, -0.2) is 0 Å². The topological polar surface area (TPSA) is 12.0 Å². The van der Waals surface area contributed by atoms with Crippen molar-refractivity contribution < 1.29 is 35.3 Å². The molecule has 0 aromatic rings. The van der Waals surface area contributed by atoms with E-state index in [1.54, 1.807) is 0 Å². The number of rotatable bonds is 0. The standard InChI is InChI=1S/C5H11N.C2H5.BrH.Zn/c1-2-4-6-5-3-1;1-2;;/h6H,1-5H2;1H2,2H3;1H;/q;;;+1/p-1. The third kappa shape index (κ3) is 11.8. The van der Waals surface area contributed by atoms with Crippen LogP contribution >= 0.6 is 0 Å². The summed E-state index contributed by atoms with van der Waals surface area (Å²) in [7, 11) is 0. The van der Waals surface area contributed by atoms with Crippen molar-refractivity contribution in [3.63, 3.8) is 0 Å². The Balaban J connectivity index is 0. The fourth-order valence-electron chi connectivity index (χ4n) is 0.802. The predicted octanol–water partition coefficient (Wildman–Crippen LogP) is -1.26. The maximum absolute atomic E-state index is 3.28. The van der Waals surface area contributed by atoms with Gasteiger partial charge >= 0.3 is 30.2 Å². The summed E-state index contributed by atoms with van der Waals surface area (Å²) in [6, 6.07) is 0. The van der Waals surface area contributed by atoms with Crippen LogP contribution in [0.25, 0.3) is 0 Å². The van der Waals surface area contributed by atoms with Crippen LogP contribution in [0.15, 0.2) is 0 Å². The van der Waals surface area contributed by atoms with Crippen molar-refractivity contribution >= 4 is 0 Å². The van der Waals surface area contributed by atoms with Gasteiger partial charge in [0.1, 0.15) is 0 Å². The van der Waals surface area contributed by atoms with E-state index >= 15 is 0 Å². The molecule has 10 heavy (non-hydrogen) atoms. The van der Waals surface area contributed by atoms with Crippen LogP contribution in [0.1, 0.15) is 26.2 Å². The zero-order valence-corrected chi connectivity index (χ0v) is 11.4. The molecule has 1 fully saturated rings. The number of halogens is 1. The van der Waals surface area contributed by atoms with Gasteiger partial charge in [-0.1, -0.05) is 6.42 Å². The minimum Gasteiger partial charge on any atom is -1.00 e. The van der Waals surface area contributed by atoms with E-state index in [1.807, 2.05) is 0 Å². The molecule has 0 bridgehead atoms. The van der Waals surface area contributed by atoms with E-state index in [0.29, 0.717) is 0 Å². The molecule has 0 spiro atoms. The smallest absolute Gasteiger partial charge is 1.00 e. The normalized spacial score (nSPS) is 16.3. The maximum atomic E-state index is 3.28. The Morgan fingerprint density at radius 2 is 1.60 bits per heavy atom. The Bertz CT molecular complexity index is 37.4. The molecule has 1 aliphatic heterocycles. The second-order valence-electron chi connectivity index (χ2n) is 2.31. The average Bonchev–Trinajstić information content (AvgIpc) is 1.93. The van der Waals surface area contributed by atoms with Gasteiger partial charge in [0.05, 0.1) is 0 Å². The molecule has 0 radical (unpaired) electrons. The fraction of sp³-hybridized carbons (Fsp3) is 1.00. The number of nitrogens with one attached hydrogen (secondary N) is 1. The van der Waals surface area contributed by atoms with Gasteiger partial charge in [0.25, 0.3) is 0 Å². The Morgan fingerprint density at radius 1 is 1.20 bits per heavy atom. The molecule has 0 aliphatic carbocycles. The number of hydrogen-bond donors (Lipinski definition) is 1. The van der Waals surface area contributed by atoms with Crippen molar-refractivity contribution in [3.8, 4) is 0 Å². The molecule has 1 aliphatic rings. The first-order valence-electron chi connectivity index (χ1n) is 3.91. The number of piperidine rings is 1. The van der Waals surface area contributed by atoms with Crippen LogP contribution in [0.4, 0.5) is 0 Å². The van der Waals surface area contributed by atoms with Gasteiger partial charge < -0.3 is 22.3 Å². The largest absolute Gasteiger partial charge is 1.00 e. The van der Waals surface area contributed by atoms with E-state index in [9.17, 15) is 0 Å². The van der Waals surface area contributed by atoms with Crippen molar-refractivity contribution in [1.29, 1.82) is 0 Å². The Hall–Kier alpha value is 1.06. The molecule has 0 aromatic heterocycles. The van der Waals surface area contributed by atoms with Crippen molar-refractivity contribution in [2.24, 2.45) is 0 Å². The van der Waals surface area contributed by atoms with Gasteiger partial charge in [0.15, 0.2) is 0 Å². The van der Waals surface area contributed by atoms with E-state index in [2.05, 4.69) is 12.2 Å². The van der Waals surface area contributed by atoms with Gasteiger partial charge in [-0.15, -0.1) is 0 Å². The summed E-state index contributed by atoms with van der Waals surface area (Å²) >= 11 is 1.44. The van der Waals surface area contributed by atoms with Crippen molar-refractivity contribution in [2.75, 3.05) is 13.1 Å². The third-order valence-electron chi connectivity index (χ3n) is 1.21. The molecule has 0 aromatic carbocycles. The SMILES string of the molecule is C1CCNCC1.C[CH2][Zn+].[Br-]. The zero-order chi connectivity index (χ0) is 6.95. The molecule has 0 unspecified atom stereocenters. The minimum absolute atomic E-state index is 0. The third-order valence-corrected chi connectivity index (χ3v) is 1.21. The summed E-state index contributed by atoms with van der Waals surface area (Å²) in [6.07, 6.45) is 4.22. The van der Waals surface area contributed by atoms with Crippen molar-refractivity contribution in [2.45, 2.75) is 31.2 Å². The number of hydrogen-bond acceptors (Lipinski definition) is 1. The van der Waals surface area contributed by atoms with Crippen LogP contribution in [-0.2, 0) is 18.3 Å². The molecular formula is C7H16BrNZn. The molecule has 58 valence electrons. The Labute approximate surface area is 84.8 Å². The summed E-state index contributed by atoms with van der Waals surface area (Å²) in [5.41, 5.74) is 0. The molecule has 3 heteroatoms. The minimum atomic E-state index is 0. The van der Waals surface area contributed by atoms with Crippen LogP contribution < -0.4 is 22.3 Å². The zero-order valence-electron chi connectivity index (χ0n) is 6.83. The van der Waals surface area contributed by atoms with E-state index in [1.165, 1.54) is 55.7 Å². The summed E-state index contributed by atoms with van der Waals surface area (Å²) in [5.74, 6) is 0. The molecule has 0 saturated carbocycles. The molecule has 1 N–H and O–H groups in total. The summed E-state index contributed by atoms with van der Waals surface area (Å²) in [5, 5.41) is 4.66. The summed E-state index contributed by atoms with van der Waals surface area (Å²) < 4.78 is 0. The van der Waals surface area contributed by atoms with Crippen LogP contribution in [0.3, 0.4) is 0 Å². The quantitative estimate of drug-likeness (QED) is 0.535. The molecular weight excluding hydrogens is 243 g/mol. The average molecular weight is 260 g/mol. The summed E-state index contributed by atoms with van der Waals surface area (Å²) in [4.78, 5) is 0. The Morgan fingerprint density at radius 3 is 1.70 bits per heavy atom. The molecule has 0 atom stereocenters. The van der Waals surface area contributed by atoms with Gasteiger partial charge in [-0.3, -0.25) is 0 Å². The molecule has 1 nitrogen and oxygen atoms in total. The summed E-state index contributed by atoms with van der Waals surface area (Å²) in [6.45, 7) is 4.68. The molecule has 1 rings (SSSR count). The van der Waals surface area contributed by atoms with Crippen LogP contribution in [0, 0.1) is 0 Å². The maximum Gasteiger partial charge on any atom is -1.00 e. The van der Waals surface area contributed by atoms with Crippen LogP contribution in [0.2, 0.25) is 5.02 Å². The molecule has 1 heterocycles. The second kappa shape index (κ2) is 12.7. The van der Waals surface area contributed by atoms with E-state index in [0.717, 1.165) is 0 Å². The van der Waals surface area contributed by atoms with Crippen molar-refractivity contribution in [3.05, 3.63) is 0 Å². The molecule has 0 amide bonds. The van der Waals surface area contributed by atoms with Crippen LogP contribution in [0.5, 0.6) is 0 Å². The van der Waals surface area contributed by atoms with Crippen molar-refractivity contribution in [1.82, 2.24) is 5.32 Å². The Kier molecular flexibility index (Phi) is 17.3. The first-order chi connectivity index (χ1) is 4.41. The monoisotopic (exact) mass is 257 g/mol. The van der Waals surface area contributed by atoms with Crippen LogP contribution in [-0.4, -0.2) is 13.1 Å². The van der Waals surface area contributed by atoms with Gasteiger partial charge in [-0.2, -0.15) is 0 Å². The first kappa shape index (κ1) is 13.6. The van der Waals surface area contributed by atoms with E-state index < -0.39 is 0 Å². The van der Waals surface area contributed by atoms with Gasteiger partial charge in [-0.05, 0) is 25.9 Å². The first-order valence-corrected chi connectivity index (χ1v) is 6.01. The fourth-order valence-corrected chi connectivity index (χ4v) is 0.802. The van der Waals surface area contributed by atoms with E-state index in [-0.39, 0.29) is 17.0 Å². The van der Waals surface area contributed by atoms with Gasteiger partial charge in [0.2, 0.25) is 0 Å². The predicted molar refractivity (Wildman–Crippen MR) is 37.2 cm³/mol. The molecule has 1 saturated heterocycles. The van der Waals surface area contributed by atoms with E-state index in [4.69, 9.17) is 0 Å². The van der Waals surface area contributed by atoms with Gasteiger partial charge in [0, 0.05) is 0 Å².